The van der Waals surface area contributed by atoms with Gasteiger partial charge in [0.05, 0.1) is 0 Å². The molecule has 0 spiro atoms. The fourth-order valence-corrected chi connectivity index (χ4v) is 2.27. The summed E-state index contributed by atoms with van der Waals surface area (Å²) in [5.74, 6) is 0.770. The Morgan fingerprint density at radius 3 is 2.57 bits per heavy atom. The monoisotopic (exact) mass is 189 g/mol. The van der Waals surface area contributed by atoms with Gasteiger partial charge in [0, 0.05) is 6.04 Å². The maximum Gasteiger partial charge on any atom is 0.0346 e. The van der Waals surface area contributed by atoms with Crippen LogP contribution in [0.2, 0.25) is 0 Å². The number of hydrogen-bond acceptors (Lipinski definition) is 1. The Bertz CT molecular complexity index is 289. The minimum absolute atomic E-state index is 0.573. The molecule has 1 heterocycles. The summed E-state index contributed by atoms with van der Waals surface area (Å²) in [6.07, 6.45) is 2.68. The first-order valence-corrected chi connectivity index (χ1v) is 5.57. The molecule has 0 aromatic heterocycles. The van der Waals surface area contributed by atoms with Crippen molar-refractivity contribution in [2.45, 2.75) is 32.7 Å². The van der Waals surface area contributed by atoms with Gasteiger partial charge in [0.25, 0.3) is 0 Å². The second kappa shape index (κ2) is 4.14. The lowest BCUT2D eigenvalue weighted by molar-refractivity contribution is 0.306. The molecule has 0 unspecified atom stereocenters. The first-order chi connectivity index (χ1) is 6.77. The standard InChI is InChI=1S/C13H19N/c1-10-5-7-12(8-6-10)13-11(2)4-3-9-14-13/h5-8,11,13-14H,3-4,9H2,1-2H3/t11-,13+/m0/s1. The van der Waals surface area contributed by atoms with Crippen LogP contribution in [0.5, 0.6) is 0 Å². The zero-order chi connectivity index (χ0) is 9.97. The topological polar surface area (TPSA) is 12.0 Å². The normalized spacial score (nSPS) is 27.6. The van der Waals surface area contributed by atoms with Crippen LogP contribution in [0.3, 0.4) is 0 Å². The van der Waals surface area contributed by atoms with Crippen molar-refractivity contribution in [2.24, 2.45) is 5.92 Å². The minimum Gasteiger partial charge on any atom is -0.310 e. The van der Waals surface area contributed by atoms with E-state index in [-0.39, 0.29) is 0 Å². The summed E-state index contributed by atoms with van der Waals surface area (Å²) in [6, 6.07) is 9.50. The zero-order valence-corrected chi connectivity index (χ0v) is 9.09. The van der Waals surface area contributed by atoms with E-state index in [4.69, 9.17) is 0 Å². The first kappa shape index (κ1) is 9.72. The van der Waals surface area contributed by atoms with E-state index in [1.165, 1.54) is 30.5 Å². The molecule has 0 bridgehead atoms. The van der Waals surface area contributed by atoms with Crippen molar-refractivity contribution in [3.8, 4) is 0 Å². The van der Waals surface area contributed by atoms with Gasteiger partial charge in [-0.3, -0.25) is 0 Å². The van der Waals surface area contributed by atoms with Gasteiger partial charge in [-0.1, -0.05) is 36.8 Å². The van der Waals surface area contributed by atoms with Crippen LogP contribution in [-0.2, 0) is 0 Å². The second-order valence-electron chi connectivity index (χ2n) is 4.46. The first-order valence-electron chi connectivity index (χ1n) is 5.57. The molecule has 2 rings (SSSR count). The van der Waals surface area contributed by atoms with E-state index in [2.05, 4.69) is 43.4 Å². The number of hydrogen-bond donors (Lipinski definition) is 1. The number of aryl methyl sites for hydroxylation is 1. The maximum absolute atomic E-state index is 3.60. The minimum atomic E-state index is 0.573. The van der Waals surface area contributed by atoms with Crippen LogP contribution in [0, 0.1) is 12.8 Å². The van der Waals surface area contributed by atoms with E-state index in [1.807, 2.05) is 0 Å². The highest BCUT2D eigenvalue weighted by Crippen LogP contribution is 2.28. The van der Waals surface area contributed by atoms with Gasteiger partial charge in [0.2, 0.25) is 0 Å². The van der Waals surface area contributed by atoms with E-state index in [9.17, 15) is 0 Å². The average Bonchev–Trinajstić information content (AvgIpc) is 2.20. The quantitative estimate of drug-likeness (QED) is 0.716. The fourth-order valence-electron chi connectivity index (χ4n) is 2.27. The van der Waals surface area contributed by atoms with Crippen LogP contribution in [0.15, 0.2) is 24.3 Å². The van der Waals surface area contributed by atoms with Gasteiger partial charge in [-0.2, -0.15) is 0 Å². The highest BCUT2D eigenvalue weighted by molar-refractivity contribution is 5.24. The van der Waals surface area contributed by atoms with Crippen molar-refractivity contribution in [2.75, 3.05) is 6.54 Å². The van der Waals surface area contributed by atoms with E-state index in [1.54, 1.807) is 0 Å². The number of benzene rings is 1. The highest BCUT2D eigenvalue weighted by atomic mass is 14.9. The molecule has 1 N–H and O–H groups in total. The largest absolute Gasteiger partial charge is 0.310 e. The molecule has 1 fully saturated rings. The summed E-state index contributed by atoms with van der Waals surface area (Å²) in [4.78, 5) is 0. The molecule has 1 aromatic rings. The molecule has 1 heteroatoms. The lowest BCUT2D eigenvalue weighted by Gasteiger charge is -2.30. The molecule has 1 saturated heterocycles. The smallest absolute Gasteiger partial charge is 0.0346 e. The van der Waals surface area contributed by atoms with Gasteiger partial charge in [-0.05, 0) is 37.8 Å². The van der Waals surface area contributed by atoms with Crippen LogP contribution in [0.25, 0.3) is 0 Å². The number of nitrogens with one attached hydrogen (secondary N) is 1. The SMILES string of the molecule is Cc1ccc([C@@H]2NCCC[C@@H]2C)cc1. The lowest BCUT2D eigenvalue weighted by atomic mass is 9.87. The Hall–Kier alpha value is -0.820. The van der Waals surface area contributed by atoms with Gasteiger partial charge in [0.15, 0.2) is 0 Å². The second-order valence-corrected chi connectivity index (χ2v) is 4.46. The number of rotatable bonds is 1. The Morgan fingerprint density at radius 1 is 1.21 bits per heavy atom. The average molecular weight is 189 g/mol. The van der Waals surface area contributed by atoms with Crippen LogP contribution in [-0.4, -0.2) is 6.54 Å². The van der Waals surface area contributed by atoms with Crippen LogP contribution in [0.4, 0.5) is 0 Å². The van der Waals surface area contributed by atoms with E-state index < -0.39 is 0 Å². The predicted octanol–water partition coefficient (Wildman–Crippen LogP) is 3.06. The van der Waals surface area contributed by atoms with Crippen molar-refractivity contribution >= 4 is 0 Å². The third kappa shape index (κ3) is 1.98. The van der Waals surface area contributed by atoms with Crippen molar-refractivity contribution in [3.05, 3.63) is 35.4 Å². The molecule has 0 saturated carbocycles. The van der Waals surface area contributed by atoms with Crippen molar-refractivity contribution < 1.29 is 0 Å². The Balaban J connectivity index is 2.16. The molecule has 76 valence electrons. The molecule has 0 amide bonds. The summed E-state index contributed by atoms with van der Waals surface area (Å²) in [5.41, 5.74) is 2.79. The van der Waals surface area contributed by atoms with E-state index >= 15 is 0 Å². The molecule has 0 aliphatic carbocycles. The molecule has 1 aliphatic heterocycles. The van der Waals surface area contributed by atoms with Crippen molar-refractivity contribution in [3.63, 3.8) is 0 Å². The highest BCUT2D eigenvalue weighted by Gasteiger charge is 2.21. The molecule has 1 aliphatic rings. The Labute approximate surface area is 86.5 Å². The summed E-state index contributed by atoms with van der Waals surface area (Å²) >= 11 is 0. The van der Waals surface area contributed by atoms with Crippen molar-refractivity contribution in [1.29, 1.82) is 0 Å². The van der Waals surface area contributed by atoms with Gasteiger partial charge in [-0.15, -0.1) is 0 Å². The van der Waals surface area contributed by atoms with E-state index in [0.717, 1.165) is 5.92 Å². The predicted molar refractivity (Wildman–Crippen MR) is 60.3 cm³/mol. The van der Waals surface area contributed by atoms with Crippen LogP contribution < -0.4 is 5.32 Å². The molecule has 1 aromatic carbocycles. The number of piperidine rings is 1. The molecule has 14 heavy (non-hydrogen) atoms. The maximum atomic E-state index is 3.60. The zero-order valence-electron chi connectivity index (χ0n) is 9.09. The summed E-state index contributed by atoms with van der Waals surface area (Å²) in [7, 11) is 0. The lowest BCUT2D eigenvalue weighted by Crippen LogP contribution is -2.32. The van der Waals surface area contributed by atoms with E-state index in [0.29, 0.717) is 6.04 Å². The van der Waals surface area contributed by atoms with Crippen LogP contribution in [0.1, 0.15) is 36.9 Å². The Kier molecular flexibility index (Phi) is 2.87. The molecular formula is C13H19N. The summed E-state index contributed by atoms with van der Waals surface area (Å²) in [5, 5.41) is 3.60. The molecule has 1 nitrogen and oxygen atoms in total. The fraction of sp³-hybridized carbons (Fsp3) is 0.538. The Morgan fingerprint density at radius 2 is 1.93 bits per heavy atom. The van der Waals surface area contributed by atoms with Gasteiger partial charge < -0.3 is 5.32 Å². The van der Waals surface area contributed by atoms with Gasteiger partial charge >= 0.3 is 0 Å². The van der Waals surface area contributed by atoms with Gasteiger partial charge in [-0.25, -0.2) is 0 Å². The molecular weight excluding hydrogens is 170 g/mol. The molecule has 2 atom stereocenters. The third-order valence-corrected chi connectivity index (χ3v) is 3.21. The van der Waals surface area contributed by atoms with Crippen molar-refractivity contribution in [1.82, 2.24) is 5.32 Å². The van der Waals surface area contributed by atoms with Crippen LogP contribution >= 0.6 is 0 Å². The summed E-state index contributed by atoms with van der Waals surface area (Å²) < 4.78 is 0. The molecule has 0 radical (unpaired) electrons. The summed E-state index contributed by atoms with van der Waals surface area (Å²) in [6.45, 7) is 5.65. The van der Waals surface area contributed by atoms with Gasteiger partial charge in [0.1, 0.15) is 0 Å². The third-order valence-electron chi connectivity index (χ3n) is 3.21.